The van der Waals surface area contributed by atoms with Crippen LogP contribution >= 0.6 is 0 Å². The number of carbonyl (C=O) groups excluding carboxylic acids is 1. The zero-order valence-corrected chi connectivity index (χ0v) is 14.4. The van der Waals surface area contributed by atoms with Gasteiger partial charge in [0.15, 0.2) is 0 Å². The second-order valence-electron chi connectivity index (χ2n) is 5.51. The van der Waals surface area contributed by atoms with Gasteiger partial charge in [-0.15, -0.1) is 0 Å². The summed E-state index contributed by atoms with van der Waals surface area (Å²) in [5.74, 6) is 0.165. The average molecular weight is 356 g/mol. The molecule has 24 heavy (non-hydrogen) atoms. The highest BCUT2D eigenvalue weighted by molar-refractivity contribution is 5.60. The maximum Gasteiger partial charge on any atom is 0.508 e. The van der Waals surface area contributed by atoms with E-state index in [0.29, 0.717) is 6.42 Å². The van der Waals surface area contributed by atoms with E-state index in [-0.39, 0.29) is 31.5 Å². The van der Waals surface area contributed by atoms with E-state index in [9.17, 15) is 4.79 Å². The van der Waals surface area contributed by atoms with Crippen molar-refractivity contribution >= 4 is 6.16 Å². The van der Waals surface area contributed by atoms with E-state index >= 15 is 0 Å². The molecule has 0 spiro atoms. The molecule has 3 unspecified atom stereocenters. The zero-order valence-electron chi connectivity index (χ0n) is 14.4. The Morgan fingerprint density at radius 1 is 1.00 bits per heavy atom. The molecule has 0 fully saturated rings. The van der Waals surface area contributed by atoms with Crippen LogP contribution < -0.4 is 0 Å². The fourth-order valence-corrected chi connectivity index (χ4v) is 1.72. The lowest BCUT2D eigenvalue weighted by Gasteiger charge is -2.26. The summed E-state index contributed by atoms with van der Waals surface area (Å²) >= 11 is 0. The molecule has 0 bridgehead atoms. The van der Waals surface area contributed by atoms with Gasteiger partial charge in [-0.3, -0.25) is 20.8 Å². The second kappa shape index (κ2) is 12.3. The predicted molar refractivity (Wildman–Crippen MR) is 76.8 cm³/mol. The first-order valence-corrected chi connectivity index (χ1v) is 7.70. The third-order valence-corrected chi connectivity index (χ3v) is 3.35. The van der Waals surface area contributed by atoms with Gasteiger partial charge in [-0.05, 0) is 32.1 Å². The van der Waals surface area contributed by atoms with Gasteiger partial charge < -0.3 is 9.47 Å². The minimum atomic E-state index is -0.930. The van der Waals surface area contributed by atoms with E-state index in [1.807, 2.05) is 13.8 Å². The molecule has 0 saturated heterocycles. The van der Waals surface area contributed by atoms with Crippen LogP contribution in [0.15, 0.2) is 0 Å². The summed E-state index contributed by atoms with van der Waals surface area (Å²) < 4.78 is 9.93. The van der Waals surface area contributed by atoms with Crippen LogP contribution in [0.1, 0.15) is 47.0 Å². The summed E-state index contributed by atoms with van der Waals surface area (Å²) in [6.45, 7) is 7.26. The van der Waals surface area contributed by atoms with Gasteiger partial charge in [0, 0.05) is 0 Å². The third-order valence-electron chi connectivity index (χ3n) is 3.35. The Morgan fingerprint density at radius 3 is 2.00 bits per heavy atom. The molecule has 0 saturated carbocycles. The standard InChI is InChI=1S/C13H28N2O9/c1-5-11(23-14(17)18)12(24-15(19)20)7-6-8-21-13(16)22-10(4)9(2)3/h9-12,17-20H,5-8H2,1-4H3. The molecule has 4 N–H and O–H groups in total. The van der Waals surface area contributed by atoms with Crippen molar-refractivity contribution in [3.63, 3.8) is 0 Å². The molecule has 0 amide bonds. The van der Waals surface area contributed by atoms with Gasteiger partial charge in [0.1, 0.15) is 18.3 Å². The van der Waals surface area contributed by atoms with E-state index in [2.05, 4.69) is 4.84 Å². The Kier molecular flexibility index (Phi) is 11.8. The summed E-state index contributed by atoms with van der Waals surface area (Å²) in [7, 11) is 0. The van der Waals surface area contributed by atoms with Crippen LogP contribution in [0.2, 0.25) is 0 Å². The highest BCUT2D eigenvalue weighted by Gasteiger charge is 2.26. The molecule has 0 aromatic heterocycles. The number of ether oxygens (including phenoxy) is 2. The Bertz CT molecular complexity index is 341. The smallest absolute Gasteiger partial charge is 0.434 e. The van der Waals surface area contributed by atoms with Gasteiger partial charge in [-0.25, -0.2) is 14.5 Å². The molecule has 11 heteroatoms. The predicted octanol–water partition coefficient (Wildman–Crippen LogP) is 2.14. The Hall–Kier alpha value is -1.05. The second-order valence-corrected chi connectivity index (χ2v) is 5.51. The average Bonchev–Trinajstić information content (AvgIpc) is 2.47. The molecule has 0 aliphatic rings. The SMILES string of the molecule is CCC(ON(O)O)C(CCCOC(=O)OC(C)C(C)C)ON(O)O. The highest BCUT2D eigenvalue weighted by atomic mass is 17.1. The molecule has 11 nitrogen and oxygen atoms in total. The summed E-state index contributed by atoms with van der Waals surface area (Å²) in [5, 5.41) is 33.9. The van der Waals surface area contributed by atoms with Crippen molar-refractivity contribution in [3.8, 4) is 0 Å². The van der Waals surface area contributed by atoms with E-state index in [0.717, 1.165) is 0 Å². The van der Waals surface area contributed by atoms with Gasteiger partial charge in [-0.2, -0.15) is 0 Å². The van der Waals surface area contributed by atoms with Gasteiger partial charge in [0.05, 0.1) is 17.4 Å². The van der Waals surface area contributed by atoms with Crippen LogP contribution in [-0.4, -0.2) is 62.7 Å². The molecule has 0 heterocycles. The molecule has 0 aliphatic heterocycles. The molecule has 0 aliphatic carbocycles. The van der Waals surface area contributed by atoms with Crippen molar-refractivity contribution in [2.45, 2.75) is 65.3 Å². The van der Waals surface area contributed by atoms with Crippen LogP contribution in [0, 0.1) is 5.92 Å². The molecule has 0 rings (SSSR count). The first kappa shape index (κ1) is 22.9. The van der Waals surface area contributed by atoms with Crippen molar-refractivity contribution in [2.75, 3.05) is 6.61 Å². The van der Waals surface area contributed by atoms with Crippen molar-refractivity contribution in [1.82, 2.24) is 10.8 Å². The fourth-order valence-electron chi connectivity index (χ4n) is 1.72. The van der Waals surface area contributed by atoms with Gasteiger partial charge >= 0.3 is 6.16 Å². The molecule has 144 valence electrons. The number of rotatable bonds is 12. The summed E-state index contributed by atoms with van der Waals surface area (Å²) in [6.07, 6.45) is -2.12. The van der Waals surface area contributed by atoms with Crippen molar-refractivity contribution in [2.24, 2.45) is 5.92 Å². The quantitative estimate of drug-likeness (QED) is 0.232. The lowest BCUT2D eigenvalue weighted by Crippen LogP contribution is -2.39. The largest absolute Gasteiger partial charge is 0.508 e. The first-order valence-electron chi connectivity index (χ1n) is 7.70. The fraction of sp³-hybridized carbons (Fsp3) is 0.923. The molecule has 0 aromatic rings. The normalized spacial score (nSPS) is 15.6. The monoisotopic (exact) mass is 356 g/mol. The summed E-state index contributed by atoms with van der Waals surface area (Å²) in [6, 6.07) is 0. The van der Waals surface area contributed by atoms with E-state index in [1.54, 1.807) is 13.8 Å². The van der Waals surface area contributed by atoms with Gasteiger partial charge in [-0.1, -0.05) is 20.8 Å². The number of nitrogens with zero attached hydrogens (tertiary/aromatic N) is 2. The van der Waals surface area contributed by atoms with Crippen LogP contribution in [0.4, 0.5) is 4.79 Å². The number of hydrogen-bond acceptors (Lipinski definition) is 11. The van der Waals surface area contributed by atoms with Crippen molar-refractivity contribution < 1.29 is 44.8 Å². The van der Waals surface area contributed by atoms with Gasteiger partial charge in [0.25, 0.3) is 0 Å². The summed E-state index contributed by atoms with van der Waals surface area (Å²) in [4.78, 5) is 20.8. The maximum absolute atomic E-state index is 11.5. The van der Waals surface area contributed by atoms with E-state index in [4.69, 9.17) is 35.1 Å². The minimum absolute atomic E-state index is 0.0127. The Labute approximate surface area is 140 Å². The van der Waals surface area contributed by atoms with E-state index in [1.165, 1.54) is 0 Å². The topological polar surface area (TPSA) is 141 Å². The number of carbonyl (C=O) groups is 1. The summed E-state index contributed by atoms with van der Waals surface area (Å²) in [5.41, 5.74) is 0. The molecule has 0 radical (unpaired) electrons. The number of hydrogen-bond donors (Lipinski definition) is 4. The minimum Gasteiger partial charge on any atom is -0.434 e. The highest BCUT2D eigenvalue weighted by Crippen LogP contribution is 2.16. The lowest BCUT2D eigenvalue weighted by atomic mass is 10.1. The van der Waals surface area contributed by atoms with Gasteiger partial charge in [0.2, 0.25) is 0 Å². The molecule has 0 aromatic carbocycles. The van der Waals surface area contributed by atoms with Crippen LogP contribution in [0.25, 0.3) is 0 Å². The van der Waals surface area contributed by atoms with Crippen LogP contribution in [-0.2, 0) is 19.1 Å². The van der Waals surface area contributed by atoms with E-state index < -0.39 is 29.1 Å². The maximum atomic E-state index is 11.5. The first-order chi connectivity index (χ1) is 11.2. The third kappa shape index (κ3) is 10.7. The zero-order chi connectivity index (χ0) is 18.7. The van der Waals surface area contributed by atoms with Crippen LogP contribution in [0.5, 0.6) is 0 Å². The molecular formula is C13H28N2O9. The molecule has 3 atom stereocenters. The van der Waals surface area contributed by atoms with Crippen molar-refractivity contribution in [1.29, 1.82) is 0 Å². The van der Waals surface area contributed by atoms with Crippen LogP contribution in [0.3, 0.4) is 0 Å². The van der Waals surface area contributed by atoms with Crippen molar-refractivity contribution in [3.05, 3.63) is 0 Å². The Morgan fingerprint density at radius 2 is 1.54 bits per heavy atom. The molecular weight excluding hydrogens is 328 g/mol. The Balaban J connectivity index is 4.29. The lowest BCUT2D eigenvalue weighted by molar-refractivity contribution is -0.538.